The van der Waals surface area contributed by atoms with Crippen molar-refractivity contribution in [3.05, 3.63) is 12.7 Å². The molecule has 0 radical (unpaired) electrons. The van der Waals surface area contributed by atoms with Gasteiger partial charge < -0.3 is 15.0 Å². The second kappa shape index (κ2) is 21.8. The smallest absolute Gasteiger partial charge is 0.381 e. The molecular weight excluding hydrogens is 545 g/mol. The molecule has 0 aliphatic rings. The molecule has 39 heavy (non-hydrogen) atoms. The molecule has 2 aromatic rings. The highest BCUT2D eigenvalue weighted by Gasteiger charge is 2.27. The summed E-state index contributed by atoms with van der Waals surface area (Å²) < 4.78 is 20.4. The molecule has 0 aliphatic carbocycles. The molecule has 0 spiro atoms. The second-order valence-electron chi connectivity index (χ2n) is 10.7. The van der Waals surface area contributed by atoms with Crippen molar-refractivity contribution in [2.24, 2.45) is 0 Å². The van der Waals surface area contributed by atoms with Crippen LogP contribution in [0.4, 0.5) is 5.82 Å². The van der Waals surface area contributed by atoms with Gasteiger partial charge in [-0.3, -0.25) is 0 Å². The lowest BCUT2D eigenvalue weighted by Gasteiger charge is -2.11. The van der Waals surface area contributed by atoms with Gasteiger partial charge in [0, 0.05) is 5.75 Å². The van der Waals surface area contributed by atoms with Crippen molar-refractivity contribution in [2.75, 3.05) is 17.8 Å². The van der Waals surface area contributed by atoms with Gasteiger partial charge in [-0.2, -0.15) is 0 Å². The summed E-state index contributed by atoms with van der Waals surface area (Å²) in [7, 11) is 2.17. The van der Waals surface area contributed by atoms with E-state index in [2.05, 4.69) is 21.9 Å². The second-order valence-corrected chi connectivity index (χ2v) is 15.7. The largest absolute Gasteiger partial charge is 0.382 e. The molecule has 0 fully saturated rings. The van der Waals surface area contributed by atoms with E-state index in [1.54, 1.807) is 17.1 Å². The fraction of sp³-hybridized carbons (Fsp3) is 0.828. The minimum atomic E-state index is -1.42. The summed E-state index contributed by atoms with van der Waals surface area (Å²) in [5, 5.41) is 0. The predicted molar refractivity (Wildman–Crippen MR) is 172 cm³/mol. The first kappa shape index (κ1) is 34.3. The Morgan fingerprint density at radius 1 is 0.872 bits per heavy atom. The number of unbranched alkanes of at least 4 members (excludes halogenated alkanes) is 15. The van der Waals surface area contributed by atoms with Crippen molar-refractivity contribution < 1.29 is 9.30 Å². The number of imidazole rings is 1. The molecular formula is C29H53N5O2PS2+. The lowest BCUT2D eigenvalue weighted by atomic mass is 10.0. The molecule has 2 aromatic heterocycles. The quantitative estimate of drug-likeness (QED) is 0.0685. The lowest BCUT2D eigenvalue weighted by molar-refractivity contribution is 0.0880. The summed E-state index contributed by atoms with van der Waals surface area (Å²) in [4.78, 5) is 12.6. The zero-order chi connectivity index (χ0) is 28.1. The summed E-state index contributed by atoms with van der Waals surface area (Å²) >= 11 is 0. The topological polar surface area (TPSA) is 95.9 Å². The van der Waals surface area contributed by atoms with Gasteiger partial charge in [-0.25, -0.2) is 15.0 Å². The molecule has 7 nitrogen and oxygen atoms in total. The average Bonchev–Trinajstić information content (AvgIpc) is 3.34. The first-order chi connectivity index (χ1) is 19.0. The van der Waals surface area contributed by atoms with E-state index in [0.29, 0.717) is 23.5 Å². The van der Waals surface area contributed by atoms with Crippen LogP contribution >= 0.6 is 29.4 Å². The normalized spacial score (nSPS) is 13.7. The molecule has 2 heterocycles. The number of nitrogens with zero attached hydrogens (tertiary/aromatic N) is 4. The maximum Gasteiger partial charge on any atom is 0.381 e. The summed E-state index contributed by atoms with van der Waals surface area (Å²) in [6.07, 6.45) is 25.7. The first-order valence-corrected chi connectivity index (χ1v) is 19.2. The Morgan fingerprint density at radius 2 is 1.44 bits per heavy atom. The van der Waals surface area contributed by atoms with Gasteiger partial charge in [-0.1, -0.05) is 119 Å². The van der Waals surface area contributed by atoms with Crippen LogP contribution in [0.5, 0.6) is 0 Å². The van der Waals surface area contributed by atoms with E-state index in [1.165, 1.54) is 109 Å². The van der Waals surface area contributed by atoms with Crippen molar-refractivity contribution in [3.63, 3.8) is 0 Å². The average molecular weight is 599 g/mol. The number of aromatic nitrogens is 4. The van der Waals surface area contributed by atoms with Gasteiger partial charge in [0.2, 0.25) is 11.3 Å². The first-order valence-electron chi connectivity index (χ1n) is 15.3. The number of nitrogens with two attached hydrogens (primary N) is 1. The van der Waals surface area contributed by atoms with Gasteiger partial charge in [0.05, 0.1) is 19.0 Å². The van der Waals surface area contributed by atoms with Crippen LogP contribution in [-0.2, 0) is 15.8 Å². The van der Waals surface area contributed by atoms with Gasteiger partial charge >= 0.3 is 7.80 Å². The minimum Gasteiger partial charge on any atom is -0.382 e. The highest BCUT2D eigenvalue weighted by molar-refractivity contribution is 8.77. The van der Waals surface area contributed by atoms with Gasteiger partial charge in [0.25, 0.3) is 0 Å². The number of hydrogen-bond donors (Lipinski definition) is 1. The Labute approximate surface area is 246 Å². The van der Waals surface area contributed by atoms with Crippen molar-refractivity contribution in [1.82, 2.24) is 19.5 Å². The lowest BCUT2D eigenvalue weighted by Crippen LogP contribution is -2.16. The Hall–Kier alpha value is -0.890. The fourth-order valence-corrected chi connectivity index (χ4v) is 9.01. The van der Waals surface area contributed by atoms with Gasteiger partial charge in [0.15, 0.2) is 11.5 Å². The van der Waals surface area contributed by atoms with Crippen molar-refractivity contribution >= 4 is 46.4 Å². The Morgan fingerprint density at radius 3 is 2.03 bits per heavy atom. The zero-order valence-electron chi connectivity index (χ0n) is 24.7. The number of anilines is 1. The molecule has 10 heteroatoms. The van der Waals surface area contributed by atoms with Crippen LogP contribution in [0, 0.1) is 0 Å². The number of hydrogen-bond acceptors (Lipinski definition) is 8. The van der Waals surface area contributed by atoms with E-state index < -0.39 is 7.80 Å². The maximum absolute atomic E-state index is 12.7. The molecule has 0 aliphatic heterocycles. The number of fused-ring (bicyclic) bond motifs is 1. The third-order valence-corrected chi connectivity index (χ3v) is 12.4. The molecule has 0 aromatic carbocycles. The van der Waals surface area contributed by atoms with Crippen molar-refractivity contribution in [3.8, 4) is 0 Å². The summed E-state index contributed by atoms with van der Waals surface area (Å²) in [6, 6.07) is 0. The van der Waals surface area contributed by atoms with Crippen molar-refractivity contribution in [1.29, 1.82) is 0 Å². The maximum atomic E-state index is 12.7. The van der Waals surface area contributed by atoms with Crippen LogP contribution in [0.25, 0.3) is 11.2 Å². The monoisotopic (exact) mass is 598 g/mol. The number of rotatable bonds is 25. The van der Waals surface area contributed by atoms with Gasteiger partial charge in [-0.05, 0) is 31.1 Å². The van der Waals surface area contributed by atoms with E-state index in [1.807, 2.05) is 29.2 Å². The molecule has 2 rings (SSSR count). The number of ether oxygens (including phenoxy) is 1. The molecule has 0 amide bonds. The standard InChI is InChI=1S/C29H53N5O2PS2/c1-4-5-6-7-8-9-10-11-12-13-14-15-16-17-18-19-20-38-39-26(3)37(35)24-36-25(2)21-34-23-33-27-28(30)31-22-32-29(27)34/h22-23,25-26H,4-21,24H2,1-3H3,(H2,30,31,32)/q+1. The molecule has 2 N–H and O–H groups in total. The van der Waals surface area contributed by atoms with Gasteiger partial charge in [0.1, 0.15) is 11.8 Å². The Kier molecular flexibility index (Phi) is 19.2. The van der Waals surface area contributed by atoms with E-state index in [0.717, 1.165) is 5.75 Å². The molecule has 3 atom stereocenters. The van der Waals surface area contributed by atoms with E-state index in [4.69, 9.17) is 10.5 Å². The number of nitrogen functional groups attached to an aromatic ring is 1. The predicted octanol–water partition coefficient (Wildman–Crippen LogP) is 9.59. The van der Waals surface area contributed by atoms with Crippen LogP contribution in [-0.4, -0.2) is 42.7 Å². The molecule has 3 unspecified atom stereocenters. The zero-order valence-corrected chi connectivity index (χ0v) is 27.2. The van der Waals surface area contributed by atoms with Gasteiger partial charge in [-0.15, -0.1) is 0 Å². The van der Waals surface area contributed by atoms with Crippen molar-refractivity contribution in [2.45, 2.75) is 141 Å². The van der Waals surface area contributed by atoms with Crippen LogP contribution in [0.2, 0.25) is 0 Å². The molecule has 0 saturated heterocycles. The summed E-state index contributed by atoms with van der Waals surface area (Å²) in [5.74, 6) is 1.50. The van der Waals surface area contributed by atoms with E-state index >= 15 is 0 Å². The summed E-state index contributed by atoms with van der Waals surface area (Å²) in [5.41, 5.74) is 7.14. The summed E-state index contributed by atoms with van der Waals surface area (Å²) in [6.45, 7) is 6.88. The van der Waals surface area contributed by atoms with E-state index in [-0.39, 0.29) is 17.4 Å². The fourth-order valence-electron chi connectivity index (χ4n) is 4.57. The minimum absolute atomic E-state index is 0.0832. The Bertz CT molecular complexity index is 917. The third-order valence-electron chi connectivity index (χ3n) is 7.06. The Balaban J connectivity index is 1.38. The van der Waals surface area contributed by atoms with Crippen LogP contribution < -0.4 is 5.73 Å². The molecule has 0 saturated carbocycles. The molecule has 222 valence electrons. The van der Waals surface area contributed by atoms with E-state index in [9.17, 15) is 4.57 Å². The third kappa shape index (κ3) is 15.1. The SMILES string of the molecule is CCCCCCCCCCCCCCCCCCSSC(C)[P+](=O)COC(C)Cn1cnc2c(N)ncnc21. The van der Waals surface area contributed by atoms with Crippen LogP contribution in [0.3, 0.4) is 0 Å². The van der Waals surface area contributed by atoms with Crippen LogP contribution in [0.15, 0.2) is 12.7 Å². The highest BCUT2D eigenvalue weighted by atomic mass is 33.1. The highest BCUT2D eigenvalue weighted by Crippen LogP contribution is 2.42. The molecule has 0 bridgehead atoms. The van der Waals surface area contributed by atoms with Crippen LogP contribution in [0.1, 0.15) is 124 Å².